The summed E-state index contributed by atoms with van der Waals surface area (Å²) >= 11 is 1.08. The molecule has 1 heterocycles. The Labute approximate surface area is 186 Å². The van der Waals surface area contributed by atoms with Gasteiger partial charge in [0.2, 0.25) is 23.6 Å². The molecule has 2 aliphatic rings. The van der Waals surface area contributed by atoms with Crippen LogP contribution in [-0.4, -0.2) is 82.8 Å². The van der Waals surface area contributed by atoms with Crippen LogP contribution >= 0.6 is 11.8 Å². The van der Waals surface area contributed by atoms with Crippen LogP contribution < -0.4 is 16.0 Å². The van der Waals surface area contributed by atoms with E-state index in [0.29, 0.717) is 19.5 Å². The van der Waals surface area contributed by atoms with Crippen molar-refractivity contribution in [3.8, 4) is 0 Å². The fourth-order valence-electron chi connectivity index (χ4n) is 3.71. The van der Waals surface area contributed by atoms with Crippen LogP contribution in [0.5, 0.6) is 0 Å². The van der Waals surface area contributed by atoms with Crippen LogP contribution in [0.1, 0.15) is 51.4 Å². The molecule has 2 rings (SSSR count). The molecule has 0 aromatic carbocycles. The summed E-state index contributed by atoms with van der Waals surface area (Å²) in [6, 6.07) is -1.11. The van der Waals surface area contributed by atoms with Crippen molar-refractivity contribution < 1.29 is 29.1 Å². The number of aliphatic carboxylic acids is 1. The Balaban J connectivity index is 1.64. The number of likely N-dealkylation sites (tertiary alicyclic amines) is 1. The van der Waals surface area contributed by atoms with Crippen LogP contribution in [0.2, 0.25) is 0 Å². The van der Waals surface area contributed by atoms with E-state index in [1.807, 2.05) is 0 Å². The van der Waals surface area contributed by atoms with E-state index in [-0.39, 0.29) is 29.4 Å². The van der Waals surface area contributed by atoms with Gasteiger partial charge in [-0.15, -0.1) is 11.8 Å². The van der Waals surface area contributed by atoms with E-state index in [9.17, 15) is 24.0 Å². The summed E-state index contributed by atoms with van der Waals surface area (Å²) in [6.07, 6.45) is 5.71. The van der Waals surface area contributed by atoms with Gasteiger partial charge in [-0.05, 0) is 25.7 Å². The number of amides is 4. The van der Waals surface area contributed by atoms with E-state index in [2.05, 4.69) is 16.0 Å². The highest BCUT2D eigenvalue weighted by Crippen LogP contribution is 2.17. The molecule has 1 saturated carbocycles. The maximum atomic E-state index is 12.3. The van der Waals surface area contributed by atoms with Crippen LogP contribution in [-0.2, 0) is 24.0 Å². The van der Waals surface area contributed by atoms with Crippen molar-refractivity contribution in [3.05, 3.63) is 0 Å². The fourth-order valence-corrected chi connectivity index (χ4v) is 4.37. The number of rotatable bonds is 12. The lowest BCUT2D eigenvalue weighted by Gasteiger charge is -2.26. The number of carbonyl (C=O) groups excluding carboxylic acids is 4. The molecule has 4 amide bonds. The molecule has 2 fully saturated rings. The Morgan fingerprint density at radius 1 is 1.06 bits per heavy atom. The number of hydrogen-bond donors (Lipinski definition) is 4. The van der Waals surface area contributed by atoms with Gasteiger partial charge in [0, 0.05) is 32.1 Å². The third-order valence-corrected chi connectivity index (χ3v) is 6.26. The first-order chi connectivity index (χ1) is 14.8. The summed E-state index contributed by atoms with van der Waals surface area (Å²) in [5, 5.41) is 17.0. The molecule has 1 aliphatic heterocycles. The number of carboxylic acid groups (broad SMARTS) is 1. The smallest absolute Gasteiger partial charge is 0.305 e. The van der Waals surface area contributed by atoms with Gasteiger partial charge in [0.25, 0.3) is 0 Å². The fraction of sp³-hybridized carbons (Fsp3) is 0.750. The van der Waals surface area contributed by atoms with E-state index in [1.54, 1.807) is 4.90 Å². The van der Waals surface area contributed by atoms with Crippen LogP contribution in [0.4, 0.5) is 0 Å². The zero-order valence-electron chi connectivity index (χ0n) is 17.7. The largest absolute Gasteiger partial charge is 0.481 e. The van der Waals surface area contributed by atoms with E-state index in [0.717, 1.165) is 56.8 Å². The molecule has 0 aromatic heterocycles. The number of thioether (sulfide) groups is 1. The molecule has 1 atom stereocenters. The van der Waals surface area contributed by atoms with Crippen LogP contribution in [0.3, 0.4) is 0 Å². The molecule has 11 heteroatoms. The number of piperidine rings is 1. The zero-order valence-corrected chi connectivity index (χ0v) is 18.5. The minimum Gasteiger partial charge on any atom is -0.481 e. The second kappa shape index (κ2) is 13.2. The lowest BCUT2D eigenvalue weighted by atomic mass is 10.1. The maximum Gasteiger partial charge on any atom is 0.305 e. The van der Waals surface area contributed by atoms with E-state index in [1.165, 1.54) is 0 Å². The lowest BCUT2D eigenvalue weighted by molar-refractivity contribution is -0.140. The summed E-state index contributed by atoms with van der Waals surface area (Å²) in [4.78, 5) is 60.9. The standard InChI is InChI=1S/C20H32N4O6S/c25-16(21-8-10-24-9-4-3-7-18(24)27)12-31-13-17(26)23-15(11-19(28)29)20(30)22-14-5-1-2-6-14/h14-15H,1-13H2,(H,21,25)(H,22,30)(H,23,26)(H,28,29)/t15-/m0/s1. The highest BCUT2D eigenvalue weighted by molar-refractivity contribution is 8.00. The number of carboxylic acids is 1. The van der Waals surface area contributed by atoms with Crippen LogP contribution in [0, 0.1) is 0 Å². The van der Waals surface area contributed by atoms with E-state index in [4.69, 9.17) is 5.11 Å². The average molecular weight is 457 g/mol. The van der Waals surface area contributed by atoms with E-state index >= 15 is 0 Å². The Bertz CT molecular complexity index is 668. The second-order valence-corrected chi connectivity index (χ2v) is 8.87. The van der Waals surface area contributed by atoms with Gasteiger partial charge in [-0.25, -0.2) is 0 Å². The van der Waals surface area contributed by atoms with Crippen molar-refractivity contribution in [3.63, 3.8) is 0 Å². The van der Waals surface area contributed by atoms with Crippen molar-refractivity contribution >= 4 is 41.4 Å². The first kappa shape index (κ1) is 25.0. The Morgan fingerprint density at radius 2 is 1.77 bits per heavy atom. The Kier molecular flexibility index (Phi) is 10.6. The number of hydrogen-bond acceptors (Lipinski definition) is 6. The van der Waals surface area contributed by atoms with E-state index < -0.39 is 30.2 Å². The van der Waals surface area contributed by atoms with Crippen molar-refractivity contribution in [2.24, 2.45) is 0 Å². The Morgan fingerprint density at radius 3 is 2.45 bits per heavy atom. The molecule has 4 N–H and O–H groups in total. The number of nitrogens with zero attached hydrogens (tertiary/aromatic N) is 1. The maximum absolute atomic E-state index is 12.3. The summed E-state index contributed by atoms with van der Waals surface area (Å²) in [7, 11) is 0. The van der Waals surface area contributed by atoms with Gasteiger partial charge in [0.05, 0.1) is 17.9 Å². The summed E-state index contributed by atoms with van der Waals surface area (Å²) in [5.41, 5.74) is 0. The molecular formula is C20H32N4O6S. The molecule has 0 aromatic rings. The van der Waals surface area contributed by atoms with Crippen molar-refractivity contribution in [1.82, 2.24) is 20.9 Å². The second-order valence-electron chi connectivity index (χ2n) is 7.89. The quantitative estimate of drug-likeness (QED) is 0.320. The predicted molar refractivity (Wildman–Crippen MR) is 115 cm³/mol. The first-order valence-electron chi connectivity index (χ1n) is 10.8. The molecule has 0 spiro atoms. The van der Waals surface area contributed by atoms with Gasteiger partial charge < -0.3 is 26.0 Å². The number of nitrogens with one attached hydrogen (secondary N) is 3. The minimum absolute atomic E-state index is 0.0269. The van der Waals surface area contributed by atoms with Crippen molar-refractivity contribution in [1.29, 1.82) is 0 Å². The molecule has 10 nitrogen and oxygen atoms in total. The highest BCUT2D eigenvalue weighted by Gasteiger charge is 2.27. The number of carbonyl (C=O) groups is 5. The zero-order chi connectivity index (χ0) is 22.6. The minimum atomic E-state index is -1.17. The third kappa shape index (κ3) is 9.58. The topological polar surface area (TPSA) is 145 Å². The van der Waals surface area contributed by atoms with Gasteiger partial charge in [-0.3, -0.25) is 24.0 Å². The molecule has 0 bridgehead atoms. The molecule has 31 heavy (non-hydrogen) atoms. The summed E-state index contributed by atoms with van der Waals surface area (Å²) in [5.74, 6) is -2.31. The normalized spacial score (nSPS) is 17.8. The summed E-state index contributed by atoms with van der Waals surface area (Å²) in [6.45, 7) is 1.55. The SMILES string of the molecule is O=C(O)C[C@H](NC(=O)CSCC(=O)NCCN1CCCCC1=O)C(=O)NC1CCCC1. The molecule has 0 radical (unpaired) electrons. The van der Waals surface area contributed by atoms with Crippen LogP contribution in [0.15, 0.2) is 0 Å². The van der Waals surface area contributed by atoms with Crippen LogP contribution in [0.25, 0.3) is 0 Å². The van der Waals surface area contributed by atoms with Gasteiger partial charge in [-0.1, -0.05) is 12.8 Å². The van der Waals surface area contributed by atoms with Gasteiger partial charge >= 0.3 is 5.97 Å². The molecule has 1 saturated heterocycles. The highest BCUT2D eigenvalue weighted by atomic mass is 32.2. The molecular weight excluding hydrogens is 424 g/mol. The first-order valence-corrected chi connectivity index (χ1v) is 11.9. The van der Waals surface area contributed by atoms with Gasteiger partial charge in [0.1, 0.15) is 6.04 Å². The Hall–Kier alpha value is -2.30. The van der Waals surface area contributed by atoms with Crippen molar-refractivity contribution in [2.45, 2.75) is 63.5 Å². The van der Waals surface area contributed by atoms with Crippen molar-refractivity contribution in [2.75, 3.05) is 31.1 Å². The van der Waals surface area contributed by atoms with Gasteiger partial charge in [0.15, 0.2) is 0 Å². The molecule has 174 valence electrons. The molecule has 0 unspecified atom stereocenters. The predicted octanol–water partition coefficient (Wildman–Crippen LogP) is -0.133. The summed E-state index contributed by atoms with van der Waals surface area (Å²) < 4.78 is 0. The average Bonchev–Trinajstić information content (AvgIpc) is 3.21. The monoisotopic (exact) mass is 456 g/mol. The van der Waals surface area contributed by atoms with Gasteiger partial charge in [-0.2, -0.15) is 0 Å². The molecule has 1 aliphatic carbocycles. The third-order valence-electron chi connectivity index (χ3n) is 5.32. The lowest BCUT2D eigenvalue weighted by Crippen LogP contribution is -2.50.